The number of fused-ring (bicyclic) bond motifs is 11. The molecule has 2 aliphatic heterocycles. The van der Waals surface area contributed by atoms with Gasteiger partial charge >= 0.3 is 0 Å². The van der Waals surface area contributed by atoms with Crippen LogP contribution >= 0.6 is 22.7 Å². The second-order valence-electron chi connectivity index (χ2n) is 18.4. The normalized spacial score (nSPS) is 24.3. The van der Waals surface area contributed by atoms with E-state index in [2.05, 4.69) is 34.0 Å². The summed E-state index contributed by atoms with van der Waals surface area (Å²) >= 11 is 2.68. The number of Topliss-reactive ketones (excluding diaryl/α,β-unsaturated/α-hetero) is 2. The number of nitrogens with zero attached hydrogens (tertiary/aromatic N) is 6. The van der Waals surface area contributed by atoms with Crippen LogP contribution < -0.4 is 0 Å². The predicted octanol–water partition coefficient (Wildman–Crippen LogP) is 12.9. The Kier molecular flexibility index (Phi) is 9.88. The highest BCUT2D eigenvalue weighted by atomic mass is 32.1. The number of benzene rings is 2. The van der Waals surface area contributed by atoms with Crippen molar-refractivity contribution in [2.24, 2.45) is 11.8 Å². The van der Waals surface area contributed by atoms with E-state index in [9.17, 15) is 37.7 Å². The third-order valence-electron chi connectivity index (χ3n) is 14.6. The summed E-state index contributed by atoms with van der Waals surface area (Å²) in [6, 6.07) is 6.94. The molecule has 2 spiro atoms. The summed E-state index contributed by atoms with van der Waals surface area (Å²) in [5, 5.41) is 20.7. The number of aromatic nitrogens is 2. The van der Waals surface area contributed by atoms with Gasteiger partial charge in [0.05, 0.1) is 35.0 Å². The van der Waals surface area contributed by atoms with Crippen molar-refractivity contribution in [3.63, 3.8) is 0 Å². The van der Waals surface area contributed by atoms with E-state index in [1.165, 1.54) is 34.8 Å². The average Bonchev–Trinajstić information content (AvgIpc) is 4.12. The molecule has 0 N–H and O–H groups in total. The number of thiazole rings is 2. The number of hydrogen-bond acceptors (Lipinski definition) is 10. The van der Waals surface area contributed by atoms with Gasteiger partial charge in [0, 0.05) is 56.4 Å². The second kappa shape index (κ2) is 15.9. The maximum Gasteiger partial charge on any atom is 0.270 e. The maximum atomic E-state index is 14.6. The van der Waals surface area contributed by atoms with E-state index in [0.717, 1.165) is 95.1 Å². The summed E-state index contributed by atoms with van der Waals surface area (Å²) in [5.74, 6) is -5.18. The smallest absolute Gasteiger partial charge is 0.270 e. The van der Waals surface area contributed by atoms with Crippen LogP contribution in [0.5, 0.6) is 0 Å². The van der Waals surface area contributed by atoms with Crippen LogP contribution in [0.4, 0.5) is 17.6 Å². The van der Waals surface area contributed by atoms with Crippen molar-refractivity contribution < 1.29 is 36.6 Å². The van der Waals surface area contributed by atoms with Gasteiger partial charge in [-0.3, -0.25) is 9.59 Å². The molecule has 6 aliphatic carbocycles. The molecule has 0 saturated heterocycles. The van der Waals surface area contributed by atoms with E-state index >= 15 is 0 Å². The van der Waals surface area contributed by atoms with Crippen molar-refractivity contribution in [2.75, 3.05) is 0 Å². The molecular weight excluding hydrogens is 937 g/mol. The fourth-order valence-electron chi connectivity index (χ4n) is 11.4. The molecule has 2 atom stereocenters. The number of hydrogen-bond donors (Lipinski definition) is 0. The summed E-state index contributed by atoms with van der Waals surface area (Å²) in [7, 11) is 0. The van der Waals surface area contributed by atoms with E-state index in [1.54, 1.807) is 0 Å². The molecule has 10 nitrogen and oxygen atoms in total. The first-order valence-electron chi connectivity index (χ1n) is 22.7. The van der Waals surface area contributed by atoms with Crippen molar-refractivity contribution in [2.45, 2.75) is 75.4 Å². The molecule has 8 aliphatic rings. The van der Waals surface area contributed by atoms with E-state index in [4.69, 9.17) is 32.6 Å². The Morgan fingerprint density at radius 3 is 1.34 bits per heavy atom. The molecule has 2 aromatic heterocycles. The van der Waals surface area contributed by atoms with Crippen LogP contribution in [0.1, 0.15) is 127 Å². The topological polar surface area (TPSA) is 135 Å². The Hall–Kier alpha value is -7.76. The summed E-state index contributed by atoms with van der Waals surface area (Å²) in [4.78, 5) is 46.4. The number of carbonyl (C=O) groups excluding carboxylic acids is 2. The van der Waals surface area contributed by atoms with Crippen LogP contribution in [0.3, 0.4) is 0 Å². The van der Waals surface area contributed by atoms with Crippen molar-refractivity contribution >= 4 is 68.7 Å². The van der Waals surface area contributed by atoms with Crippen LogP contribution in [0.2, 0.25) is 0 Å². The van der Waals surface area contributed by atoms with Gasteiger partial charge in [-0.2, -0.15) is 0 Å². The number of allylic oxidation sites excluding steroid dienone is 12. The Morgan fingerprint density at radius 2 is 0.986 bits per heavy atom. The monoisotopic (exact) mass is 968 g/mol. The molecule has 2 fully saturated rings. The Bertz CT molecular complexity index is 3350. The molecule has 16 heteroatoms. The number of carbonyl (C=O) groups is 2. The van der Waals surface area contributed by atoms with Crippen molar-refractivity contribution in [1.29, 1.82) is 10.5 Å². The Morgan fingerprint density at radius 1 is 0.614 bits per heavy atom. The number of halogens is 4. The lowest BCUT2D eigenvalue weighted by Gasteiger charge is -2.45. The summed E-state index contributed by atoms with van der Waals surface area (Å²) in [6.45, 7) is 15.4. The van der Waals surface area contributed by atoms with Gasteiger partial charge in [0.15, 0.2) is 46.0 Å². The molecule has 0 amide bonds. The molecule has 342 valence electrons. The van der Waals surface area contributed by atoms with Gasteiger partial charge in [-0.25, -0.2) is 47.7 Å². The third-order valence-corrected chi connectivity index (χ3v) is 16.6. The molecule has 2 saturated carbocycles. The summed E-state index contributed by atoms with van der Waals surface area (Å²) in [6.07, 6.45) is 19.9. The lowest BCUT2D eigenvalue weighted by Crippen LogP contribution is -2.38. The minimum Gasteiger partial charge on any atom is -0.481 e. The lowest BCUT2D eigenvalue weighted by atomic mass is 9.73. The minimum atomic E-state index is -1.22. The predicted molar refractivity (Wildman–Crippen MR) is 251 cm³/mol. The van der Waals surface area contributed by atoms with Crippen LogP contribution in [0, 0.1) is 70.9 Å². The van der Waals surface area contributed by atoms with Gasteiger partial charge in [-0.05, 0) is 111 Å². The van der Waals surface area contributed by atoms with Crippen LogP contribution in [-0.2, 0) is 20.7 Å². The van der Waals surface area contributed by atoms with E-state index in [0.29, 0.717) is 47.2 Å². The van der Waals surface area contributed by atoms with Crippen LogP contribution in [-0.4, -0.2) is 21.5 Å². The standard InChI is InChI=1S/C54H32F4N6O4S2/c1-61-39(23-59)45-27-17-35(55)37(57)19-29(27)47(65)33(45)21-43-63-51-49(69-43)31-13-25-16-42-32(14-26(25)15-41(31)67-53(51)9-5-3-6-10-53)50-52(54(68-42)11-7-4-8-12-54)64-44(70-50)22-34-46(40(24-60)62-2)28-18-36(56)38(58)20-30(28)48(34)66/h13-22,25-26H,3-12H2/b33-21-,34-22-,45-39-,46-40+. The highest BCUT2D eigenvalue weighted by molar-refractivity contribution is 7.14. The minimum absolute atomic E-state index is 0.0265. The molecule has 12 rings (SSSR count). The number of rotatable bonds is 2. The molecule has 70 heavy (non-hydrogen) atoms. The first kappa shape index (κ1) is 43.5. The lowest BCUT2D eigenvalue weighted by molar-refractivity contribution is -0.0374. The third kappa shape index (κ3) is 6.37. The molecule has 4 heterocycles. The largest absolute Gasteiger partial charge is 0.481 e. The molecule has 0 radical (unpaired) electrons. The maximum absolute atomic E-state index is 14.6. The molecule has 0 bridgehead atoms. The molecule has 2 aromatic carbocycles. The van der Waals surface area contributed by atoms with Gasteiger partial charge in [0.1, 0.15) is 32.9 Å². The highest BCUT2D eigenvalue weighted by Crippen LogP contribution is 2.58. The second-order valence-corrected chi connectivity index (χ2v) is 20.5. The van der Waals surface area contributed by atoms with Crippen molar-refractivity contribution in [1.82, 2.24) is 9.97 Å². The average molecular weight is 969 g/mol. The molecular formula is C54H32F4N6O4S2. The number of ether oxygens (including phenoxy) is 2. The summed E-state index contributed by atoms with van der Waals surface area (Å²) in [5.41, 5.74) is 0.0986. The number of nitriles is 2. The zero-order chi connectivity index (χ0) is 48.4. The Balaban J connectivity index is 0.960. The Labute approximate surface area is 405 Å². The first-order valence-corrected chi connectivity index (χ1v) is 24.4. The zero-order valence-electron chi connectivity index (χ0n) is 36.6. The van der Waals surface area contributed by atoms with E-state index in [-0.39, 0.29) is 56.4 Å². The van der Waals surface area contributed by atoms with E-state index < -0.39 is 57.4 Å². The van der Waals surface area contributed by atoms with Crippen LogP contribution in [0.15, 0.2) is 82.6 Å². The van der Waals surface area contributed by atoms with Gasteiger partial charge in [-0.1, -0.05) is 25.0 Å². The van der Waals surface area contributed by atoms with Crippen molar-refractivity contribution in [3.8, 4) is 12.1 Å². The first-order chi connectivity index (χ1) is 33.9. The van der Waals surface area contributed by atoms with Crippen LogP contribution in [0.25, 0.3) is 44.1 Å². The molecule has 2 unspecified atom stereocenters. The highest BCUT2D eigenvalue weighted by Gasteiger charge is 2.50. The molecule has 4 aromatic rings. The fourth-order valence-corrected chi connectivity index (χ4v) is 13.6. The van der Waals surface area contributed by atoms with Gasteiger partial charge in [0.2, 0.25) is 0 Å². The zero-order valence-corrected chi connectivity index (χ0v) is 38.3. The van der Waals surface area contributed by atoms with Gasteiger partial charge in [-0.15, -0.1) is 22.7 Å². The van der Waals surface area contributed by atoms with E-state index in [1.807, 2.05) is 12.1 Å². The number of ketones is 2. The summed E-state index contributed by atoms with van der Waals surface area (Å²) < 4.78 is 72.3. The quantitative estimate of drug-likeness (QED) is 0.0839. The fraction of sp³-hybridized carbons (Fsp3) is 0.259. The van der Waals surface area contributed by atoms with Gasteiger partial charge in [0.25, 0.3) is 11.4 Å². The SMILES string of the molecule is [C-]#[N+]/C(C#N)=C1\C(=C\c2nc3c(s2)C2=CC4C=C5OC6(CCCCC6)c6nc(/C=C7\C(=O)c8cc(F)c(F)cc8\C7=C(\C#N)[N+]#[C-])sc6C5=CC4C=C2OC32CCCCC2)C(=O)c2cc(F)c(F)cc21. The van der Waals surface area contributed by atoms with Crippen molar-refractivity contribution in [3.05, 3.63) is 182 Å². The van der Waals surface area contributed by atoms with Gasteiger partial charge < -0.3 is 9.47 Å².